The third-order valence-electron chi connectivity index (χ3n) is 4.37. The second kappa shape index (κ2) is 3.95. The van der Waals surface area contributed by atoms with Gasteiger partial charge in [0.05, 0.1) is 0 Å². The van der Waals surface area contributed by atoms with Gasteiger partial charge in [-0.15, -0.1) is 0 Å². The van der Waals surface area contributed by atoms with Gasteiger partial charge >= 0.3 is 0 Å². The lowest BCUT2D eigenvalue weighted by atomic mass is 9.90. The number of H-pyrrole nitrogens is 1. The van der Waals surface area contributed by atoms with Gasteiger partial charge in [0.2, 0.25) is 0 Å². The molecular weight excluding hydrogens is 214 g/mol. The fraction of sp³-hybridized carbons (Fsp3) is 0.692. The number of fused-ring (bicyclic) bond motifs is 2. The van der Waals surface area contributed by atoms with Crippen LogP contribution in [-0.4, -0.2) is 34.0 Å². The molecular formula is C13H19N3O. The maximum atomic E-state index is 11.5. The number of aromatic amines is 1. The second-order valence-corrected chi connectivity index (χ2v) is 5.49. The van der Waals surface area contributed by atoms with Crippen LogP contribution in [0, 0.1) is 6.92 Å². The molecule has 2 aliphatic heterocycles. The Labute approximate surface area is 101 Å². The van der Waals surface area contributed by atoms with Gasteiger partial charge < -0.3 is 9.88 Å². The first-order valence-electron chi connectivity index (χ1n) is 6.43. The Morgan fingerprint density at radius 3 is 2.59 bits per heavy atom. The van der Waals surface area contributed by atoms with E-state index in [1.165, 1.54) is 12.8 Å². The Bertz CT molecular complexity index is 468. The van der Waals surface area contributed by atoms with E-state index in [4.69, 9.17) is 0 Å². The van der Waals surface area contributed by atoms with Gasteiger partial charge in [-0.05, 0) is 39.7 Å². The molecule has 0 aliphatic carbocycles. The number of nitrogens with one attached hydrogen (secondary N) is 1. The van der Waals surface area contributed by atoms with E-state index < -0.39 is 0 Å². The Hall–Kier alpha value is -1.16. The Morgan fingerprint density at radius 1 is 1.35 bits per heavy atom. The van der Waals surface area contributed by atoms with E-state index >= 15 is 0 Å². The maximum absolute atomic E-state index is 11.5. The fourth-order valence-corrected chi connectivity index (χ4v) is 3.43. The van der Waals surface area contributed by atoms with E-state index in [1.54, 1.807) is 6.07 Å². The zero-order chi connectivity index (χ0) is 12.0. The summed E-state index contributed by atoms with van der Waals surface area (Å²) in [5.74, 6) is 1.34. The molecule has 0 aromatic carbocycles. The van der Waals surface area contributed by atoms with E-state index in [2.05, 4.69) is 21.9 Å². The third-order valence-corrected chi connectivity index (χ3v) is 4.37. The lowest BCUT2D eigenvalue weighted by molar-refractivity contribution is 0.158. The molecule has 0 amide bonds. The van der Waals surface area contributed by atoms with Crippen LogP contribution in [0.25, 0.3) is 0 Å². The Balaban J connectivity index is 1.88. The van der Waals surface area contributed by atoms with Crippen LogP contribution >= 0.6 is 0 Å². The van der Waals surface area contributed by atoms with Crippen molar-refractivity contribution in [3.05, 3.63) is 27.9 Å². The van der Waals surface area contributed by atoms with E-state index in [1.807, 2.05) is 6.92 Å². The molecule has 2 atom stereocenters. The number of hydrogen-bond donors (Lipinski definition) is 1. The van der Waals surface area contributed by atoms with Gasteiger partial charge in [0.1, 0.15) is 5.82 Å². The molecule has 2 unspecified atom stereocenters. The summed E-state index contributed by atoms with van der Waals surface area (Å²) in [5, 5.41) is 0. The summed E-state index contributed by atoms with van der Waals surface area (Å²) in [6.07, 6.45) is 4.88. The van der Waals surface area contributed by atoms with Crippen molar-refractivity contribution in [3.8, 4) is 0 Å². The molecule has 2 saturated heterocycles. The van der Waals surface area contributed by atoms with Crippen molar-refractivity contribution in [2.45, 2.75) is 50.6 Å². The third kappa shape index (κ3) is 1.90. The summed E-state index contributed by atoms with van der Waals surface area (Å²) in [7, 11) is 2.23. The summed E-state index contributed by atoms with van der Waals surface area (Å²) >= 11 is 0. The van der Waals surface area contributed by atoms with Crippen molar-refractivity contribution in [1.29, 1.82) is 0 Å². The molecule has 92 valence electrons. The quantitative estimate of drug-likeness (QED) is 0.798. The predicted octanol–water partition coefficient (Wildman–Crippen LogP) is 1.42. The first-order valence-corrected chi connectivity index (χ1v) is 6.43. The number of piperidine rings is 1. The summed E-state index contributed by atoms with van der Waals surface area (Å²) in [4.78, 5) is 21.4. The molecule has 2 bridgehead atoms. The Kier molecular flexibility index (Phi) is 2.54. The monoisotopic (exact) mass is 233 g/mol. The van der Waals surface area contributed by atoms with Gasteiger partial charge in [-0.1, -0.05) is 0 Å². The lowest BCUT2D eigenvalue weighted by Crippen LogP contribution is -2.39. The highest BCUT2D eigenvalue weighted by Gasteiger charge is 2.39. The van der Waals surface area contributed by atoms with Crippen LogP contribution in [0.4, 0.5) is 0 Å². The number of rotatable bonds is 1. The molecule has 0 radical (unpaired) electrons. The average Bonchev–Trinajstić information content (AvgIpc) is 2.51. The summed E-state index contributed by atoms with van der Waals surface area (Å²) in [5.41, 5.74) is 0.814. The molecule has 2 aliphatic rings. The minimum Gasteiger partial charge on any atom is -0.310 e. The average molecular weight is 233 g/mol. The highest BCUT2D eigenvalue weighted by Crippen LogP contribution is 2.40. The van der Waals surface area contributed by atoms with Gasteiger partial charge in [0.15, 0.2) is 0 Å². The van der Waals surface area contributed by atoms with Gasteiger partial charge in [-0.25, -0.2) is 4.98 Å². The molecule has 1 aromatic rings. The zero-order valence-electron chi connectivity index (χ0n) is 10.4. The van der Waals surface area contributed by atoms with Crippen LogP contribution in [-0.2, 0) is 0 Å². The smallest absolute Gasteiger partial charge is 0.251 e. The number of hydrogen-bond acceptors (Lipinski definition) is 3. The van der Waals surface area contributed by atoms with Crippen LogP contribution in [0.15, 0.2) is 10.9 Å². The van der Waals surface area contributed by atoms with Crippen molar-refractivity contribution in [1.82, 2.24) is 14.9 Å². The van der Waals surface area contributed by atoms with Gasteiger partial charge in [0, 0.05) is 29.8 Å². The van der Waals surface area contributed by atoms with E-state index in [0.29, 0.717) is 18.0 Å². The highest BCUT2D eigenvalue weighted by atomic mass is 16.1. The van der Waals surface area contributed by atoms with Crippen molar-refractivity contribution in [2.75, 3.05) is 7.05 Å². The summed E-state index contributed by atoms with van der Waals surface area (Å²) in [6, 6.07) is 2.93. The largest absolute Gasteiger partial charge is 0.310 e. The van der Waals surface area contributed by atoms with Gasteiger partial charge in [-0.3, -0.25) is 4.79 Å². The Morgan fingerprint density at radius 2 is 2.00 bits per heavy atom. The van der Waals surface area contributed by atoms with Crippen LogP contribution in [0.3, 0.4) is 0 Å². The summed E-state index contributed by atoms with van der Waals surface area (Å²) in [6.45, 7) is 1.89. The standard InChI is InChI=1S/C13H19N3O/c1-8-5-12(17)15-13(14-8)9-6-10-3-4-11(7-9)16(10)2/h5,9-11H,3-4,6-7H2,1-2H3,(H,14,15,17). The summed E-state index contributed by atoms with van der Waals surface area (Å²) < 4.78 is 0. The van der Waals surface area contributed by atoms with E-state index in [9.17, 15) is 4.79 Å². The van der Waals surface area contributed by atoms with E-state index in [0.717, 1.165) is 24.4 Å². The minimum atomic E-state index is -0.0150. The van der Waals surface area contributed by atoms with Gasteiger partial charge in [0.25, 0.3) is 5.56 Å². The number of aryl methyl sites for hydroxylation is 1. The molecule has 2 fully saturated rings. The molecule has 3 rings (SSSR count). The molecule has 0 spiro atoms. The molecule has 3 heterocycles. The van der Waals surface area contributed by atoms with Crippen LogP contribution in [0.2, 0.25) is 0 Å². The van der Waals surface area contributed by atoms with Crippen LogP contribution in [0.1, 0.15) is 43.1 Å². The van der Waals surface area contributed by atoms with Crippen LogP contribution in [0.5, 0.6) is 0 Å². The first kappa shape index (κ1) is 11.0. The minimum absolute atomic E-state index is 0.0150. The SMILES string of the molecule is Cc1cc(=O)[nH]c(C2CC3CCC(C2)N3C)n1. The molecule has 4 nitrogen and oxygen atoms in total. The zero-order valence-corrected chi connectivity index (χ0v) is 10.4. The molecule has 1 N–H and O–H groups in total. The van der Waals surface area contributed by atoms with Crippen molar-refractivity contribution in [3.63, 3.8) is 0 Å². The topological polar surface area (TPSA) is 49.0 Å². The van der Waals surface area contributed by atoms with Crippen LogP contribution < -0.4 is 5.56 Å². The molecule has 4 heteroatoms. The lowest BCUT2D eigenvalue weighted by Gasteiger charge is -2.35. The molecule has 1 aromatic heterocycles. The number of aromatic nitrogens is 2. The first-order chi connectivity index (χ1) is 8.13. The van der Waals surface area contributed by atoms with Gasteiger partial charge in [-0.2, -0.15) is 0 Å². The maximum Gasteiger partial charge on any atom is 0.251 e. The fourth-order valence-electron chi connectivity index (χ4n) is 3.43. The number of nitrogens with zero attached hydrogens (tertiary/aromatic N) is 2. The second-order valence-electron chi connectivity index (χ2n) is 5.49. The highest BCUT2D eigenvalue weighted by molar-refractivity contribution is 5.09. The normalized spacial score (nSPS) is 32.9. The van der Waals surface area contributed by atoms with E-state index in [-0.39, 0.29) is 5.56 Å². The van der Waals surface area contributed by atoms with Crippen molar-refractivity contribution < 1.29 is 0 Å². The van der Waals surface area contributed by atoms with Crippen molar-refractivity contribution in [2.24, 2.45) is 0 Å². The molecule has 0 saturated carbocycles. The van der Waals surface area contributed by atoms with Crippen molar-refractivity contribution >= 4 is 0 Å². The molecule has 17 heavy (non-hydrogen) atoms. The predicted molar refractivity (Wildman–Crippen MR) is 66.1 cm³/mol.